The number of hydrogen-bond acceptors (Lipinski definition) is 2. The standard InChI is InChI=1S/C14H27NO2/c1-9(2)13(10(3)4)7-15-14(16)12-6-11(5)17-8-12/h9-13H,6-8H2,1-5H3,(H,15,16). The summed E-state index contributed by atoms with van der Waals surface area (Å²) in [5.74, 6) is 1.99. The van der Waals surface area contributed by atoms with Gasteiger partial charge in [-0.3, -0.25) is 4.79 Å². The van der Waals surface area contributed by atoms with Gasteiger partial charge in [0.25, 0.3) is 0 Å². The van der Waals surface area contributed by atoms with Crippen LogP contribution in [0.25, 0.3) is 0 Å². The summed E-state index contributed by atoms with van der Waals surface area (Å²) < 4.78 is 5.43. The van der Waals surface area contributed by atoms with Gasteiger partial charge in [0.1, 0.15) is 0 Å². The van der Waals surface area contributed by atoms with Crippen molar-refractivity contribution in [3.05, 3.63) is 0 Å². The monoisotopic (exact) mass is 241 g/mol. The van der Waals surface area contributed by atoms with Crippen molar-refractivity contribution in [1.82, 2.24) is 5.32 Å². The molecular formula is C14H27NO2. The lowest BCUT2D eigenvalue weighted by Gasteiger charge is -2.25. The fourth-order valence-electron chi connectivity index (χ4n) is 2.60. The molecule has 1 aliphatic rings. The maximum atomic E-state index is 11.9. The van der Waals surface area contributed by atoms with E-state index in [9.17, 15) is 4.79 Å². The van der Waals surface area contributed by atoms with Gasteiger partial charge in [-0.25, -0.2) is 0 Å². The number of carbonyl (C=O) groups is 1. The molecule has 0 aromatic heterocycles. The van der Waals surface area contributed by atoms with Crippen LogP contribution in [-0.2, 0) is 9.53 Å². The first kappa shape index (κ1) is 14.5. The molecule has 100 valence electrons. The number of carbonyl (C=O) groups excluding carboxylic acids is 1. The normalized spacial score (nSPS) is 24.9. The SMILES string of the molecule is CC1CC(C(=O)NCC(C(C)C)C(C)C)CO1. The lowest BCUT2D eigenvalue weighted by Crippen LogP contribution is -2.37. The average Bonchev–Trinajstić information content (AvgIpc) is 2.63. The zero-order chi connectivity index (χ0) is 13.0. The zero-order valence-electron chi connectivity index (χ0n) is 11.8. The summed E-state index contributed by atoms with van der Waals surface area (Å²) in [6.07, 6.45) is 1.09. The van der Waals surface area contributed by atoms with Gasteiger partial charge in [-0.1, -0.05) is 27.7 Å². The Balaban J connectivity index is 2.36. The highest BCUT2D eigenvalue weighted by molar-refractivity contribution is 5.79. The van der Waals surface area contributed by atoms with Crippen LogP contribution in [0.1, 0.15) is 41.0 Å². The average molecular weight is 241 g/mol. The summed E-state index contributed by atoms with van der Waals surface area (Å²) >= 11 is 0. The van der Waals surface area contributed by atoms with Gasteiger partial charge in [0.05, 0.1) is 18.6 Å². The second-order valence-electron chi connectivity index (χ2n) is 5.97. The molecular weight excluding hydrogens is 214 g/mol. The Morgan fingerprint density at radius 2 is 1.88 bits per heavy atom. The van der Waals surface area contributed by atoms with E-state index in [1.165, 1.54) is 0 Å². The topological polar surface area (TPSA) is 38.3 Å². The van der Waals surface area contributed by atoms with Crippen molar-refractivity contribution in [2.24, 2.45) is 23.7 Å². The minimum Gasteiger partial charge on any atom is -0.378 e. The van der Waals surface area contributed by atoms with Gasteiger partial charge in [0.2, 0.25) is 5.91 Å². The molecule has 0 saturated carbocycles. The van der Waals surface area contributed by atoms with Crippen molar-refractivity contribution < 1.29 is 9.53 Å². The van der Waals surface area contributed by atoms with E-state index in [4.69, 9.17) is 4.74 Å². The lowest BCUT2D eigenvalue weighted by atomic mass is 9.85. The van der Waals surface area contributed by atoms with E-state index in [-0.39, 0.29) is 17.9 Å². The van der Waals surface area contributed by atoms with Crippen LogP contribution < -0.4 is 5.32 Å². The minimum atomic E-state index is 0.0602. The first-order chi connectivity index (χ1) is 7.91. The minimum absolute atomic E-state index is 0.0602. The third kappa shape index (κ3) is 4.30. The Kier molecular flexibility index (Phi) is 5.44. The molecule has 3 heteroatoms. The van der Waals surface area contributed by atoms with Crippen molar-refractivity contribution in [1.29, 1.82) is 0 Å². The molecule has 1 amide bonds. The van der Waals surface area contributed by atoms with Crippen LogP contribution in [0, 0.1) is 23.7 Å². The summed E-state index contributed by atoms with van der Waals surface area (Å²) in [6.45, 7) is 12.3. The van der Waals surface area contributed by atoms with Crippen LogP contribution in [0.3, 0.4) is 0 Å². The third-order valence-corrected chi connectivity index (χ3v) is 3.79. The number of hydrogen-bond donors (Lipinski definition) is 1. The second-order valence-corrected chi connectivity index (χ2v) is 5.97. The summed E-state index contributed by atoms with van der Waals surface area (Å²) in [5.41, 5.74) is 0. The number of rotatable bonds is 5. The highest BCUT2D eigenvalue weighted by Crippen LogP contribution is 2.21. The Labute approximate surface area is 105 Å². The lowest BCUT2D eigenvalue weighted by molar-refractivity contribution is -0.125. The Morgan fingerprint density at radius 3 is 2.29 bits per heavy atom. The van der Waals surface area contributed by atoms with Crippen LogP contribution in [0.4, 0.5) is 0 Å². The first-order valence-electron chi connectivity index (χ1n) is 6.81. The van der Waals surface area contributed by atoms with E-state index in [0.29, 0.717) is 24.4 Å². The number of amides is 1. The molecule has 0 aromatic rings. The Bertz CT molecular complexity index is 243. The van der Waals surface area contributed by atoms with Gasteiger partial charge in [-0.15, -0.1) is 0 Å². The van der Waals surface area contributed by atoms with Gasteiger partial charge in [0.15, 0.2) is 0 Å². The maximum Gasteiger partial charge on any atom is 0.225 e. The molecule has 1 fully saturated rings. The van der Waals surface area contributed by atoms with E-state index in [1.54, 1.807) is 0 Å². The quantitative estimate of drug-likeness (QED) is 0.803. The smallest absolute Gasteiger partial charge is 0.225 e. The fourth-order valence-corrected chi connectivity index (χ4v) is 2.60. The number of ether oxygens (including phenoxy) is 1. The zero-order valence-corrected chi connectivity index (χ0v) is 11.8. The van der Waals surface area contributed by atoms with Gasteiger partial charge in [-0.05, 0) is 31.1 Å². The largest absolute Gasteiger partial charge is 0.378 e. The molecule has 2 atom stereocenters. The Hall–Kier alpha value is -0.570. The first-order valence-corrected chi connectivity index (χ1v) is 6.81. The van der Waals surface area contributed by atoms with E-state index >= 15 is 0 Å². The molecule has 2 unspecified atom stereocenters. The van der Waals surface area contributed by atoms with Crippen molar-refractivity contribution in [2.45, 2.75) is 47.1 Å². The molecule has 1 aliphatic heterocycles. The van der Waals surface area contributed by atoms with E-state index in [2.05, 4.69) is 33.0 Å². The number of nitrogens with one attached hydrogen (secondary N) is 1. The molecule has 1 heterocycles. The van der Waals surface area contributed by atoms with Gasteiger partial charge >= 0.3 is 0 Å². The van der Waals surface area contributed by atoms with Crippen LogP contribution in [0.5, 0.6) is 0 Å². The molecule has 0 spiro atoms. The van der Waals surface area contributed by atoms with Gasteiger partial charge < -0.3 is 10.1 Å². The van der Waals surface area contributed by atoms with E-state index < -0.39 is 0 Å². The van der Waals surface area contributed by atoms with Gasteiger partial charge in [-0.2, -0.15) is 0 Å². The van der Waals surface area contributed by atoms with E-state index in [0.717, 1.165) is 13.0 Å². The van der Waals surface area contributed by atoms with Crippen molar-refractivity contribution in [2.75, 3.05) is 13.2 Å². The van der Waals surface area contributed by atoms with Gasteiger partial charge in [0, 0.05) is 6.54 Å². The fraction of sp³-hybridized carbons (Fsp3) is 0.929. The molecule has 1 N–H and O–H groups in total. The third-order valence-electron chi connectivity index (χ3n) is 3.79. The van der Waals surface area contributed by atoms with Crippen LogP contribution in [0.15, 0.2) is 0 Å². The summed E-state index contributed by atoms with van der Waals surface area (Å²) in [7, 11) is 0. The summed E-state index contributed by atoms with van der Waals surface area (Å²) in [4.78, 5) is 11.9. The maximum absolute atomic E-state index is 11.9. The molecule has 0 aliphatic carbocycles. The molecule has 0 radical (unpaired) electrons. The highest BCUT2D eigenvalue weighted by Gasteiger charge is 2.28. The van der Waals surface area contributed by atoms with Crippen molar-refractivity contribution in [3.8, 4) is 0 Å². The molecule has 0 bridgehead atoms. The predicted molar refractivity (Wildman–Crippen MR) is 69.7 cm³/mol. The highest BCUT2D eigenvalue weighted by atomic mass is 16.5. The molecule has 0 aromatic carbocycles. The van der Waals surface area contributed by atoms with Crippen molar-refractivity contribution >= 4 is 5.91 Å². The van der Waals surface area contributed by atoms with E-state index in [1.807, 2.05) is 6.92 Å². The van der Waals surface area contributed by atoms with Crippen LogP contribution >= 0.6 is 0 Å². The summed E-state index contributed by atoms with van der Waals surface area (Å²) in [6, 6.07) is 0. The van der Waals surface area contributed by atoms with Crippen molar-refractivity contribution in [3.63, 3.8) is 0 Å². The second kappa shape index (κ2) is 6.39. The molecule has 1 saturated heterocycles. The van der Waals surface area contributed by atoms with Crippen LogP contribution in [-0.4, -0.2) is 25.2 Å². The van der Waals surface area contributed by atoms with Crippen LogP contribution in [0.2, 0.25) is 0 Å². The molecule has 1 rings (SSSR count). The molecule has 3 nitrogen and oxygen atoms in total. The predicted octanol–water partition coefficient (Wildman–Crippen LogP) is 2.46. The molecule has 17 heavy (non-hydrogen) atoms. The Morgan fingerprint density at radius 1 is 1.29 bits per heavy atom. The summed E-state index contributed by atoms with van der Waals surface area (Å²) in [5, 5.41) is 3.09.